The van der Waals surface area contributed by atoms with E-state index in [9.17, 15) is 9.59 Å². The van der Waals surface area contributed by atoms with Crippen LogP contribution in [-0.2, 0) is 19.1 Å². The highest BCUT2D eigenvalue weighted by Crippen LogP contribution is 2.24. The molecule has 1 aliphatic heterocycles. The average molecular weight is 282 g/mol. The first-order valence-corrected chi connectivity index (χ1v) is 6.83. The van der Waals surface area contributed by atoms with Crippen molar-refractivity contribution < 1.29 is 19.1 Å². The van der Waals surface area contributed by atoms with Crippen molar-refractivity contribution in [3.05, 3.63) is 11.3 Å². The summed E-state index contributed by atoms with van der Waals surface area (Å²) >= 11 is 0. The van der Waals surface area contributed by atoms with Crippen molar-refractivity contribution in [1.29, 1.82) is 0 Å². The quantitative estimate of drug-likeness (QED) is 0.406. The highest BCUT2D eigenvalue weighted by atomic mass is 16.5. The summed E-state index contributed by atoms with van der Waals surface area (Å²) in [6.07, 6.45) is 2.56. The molecule has 1 amide bonds. The Morgan fingerprint density at radius 1 is 1.35 bits per heavy atom. The topological polar surface area (TPSA) is 68.2 Å². The summed E-state index contributed by atoms with van der Waals surface area (Å²) in [6.45, 7) is 4.41. The van der Waals surface area contributed by atoms with Gasteiger partial charge in [0, 0.05) is 13.5 Å². The minimum Gasteiger partial charge on any atom is -0.497 e. The Kier molecular flexibility index (Phi) is 6.21. The zero-order chi connectivity index (χ0) is 15.1. The molecule has 0 aliphatic carbocycles. The van der Waals surface area contributed by atoms with Crippen LogP contribution in [0.15, 0.2) is 16.4 Å². The zero-order valence-electron chi connectivity index (χ0n) is 12.6. The van der Waals surface area contributed by atoms with Crippen molar-refractivity contribution in [3.8, 4) is 0 Å². The van der Waals surface area contributed by atoms with Crippen molar-refractivity contribution in [2.45, 2.75) is 39.5 Å². The van der Waals surface area contributed by atoms with E-state index in [-0.39, 0.29) is 12.3 Å². The number of nitrogens with zero attached hydrogens (tertiary/aromatic N) is 2. The molecule has 0 fully saturated rings. The van der Waals surface area contributed by atoms with Gasteiger partial charge in [0.05, 0.1) is 25.8 Å². The van der Waals surface area contributed by atoms with Crippen LogP contribution >= 0.6 is 0 Å². The second-order valence-corrected chi connectivity index (χ2v) is 4.46. The molecule has 0 radical (unpaired) electrons. The lowest BCUT2D eigenvalue weighted by atomic mass is 10.0. The van der Waals surface area contributed by atoms with Crippen LogP contribution in [-0.4, -0.2) is 43.4 Å². The number of hydrazone groups is 1. The summed E-state index contributed by atoms with van der Waals surface area (Å²) < 4.78 is 10.2. The fourth-order valence-corrected chi connectivity index (χ4v) is 1.96. The number of carbonyl (C=O) groups is 2. The van der Waals surface area contributed by atoms with Crippen LogP contribution < -0.4 is 0 Å². The first kappa shape index (κ1) is 16.2. The van der Waals surface area contributed by atoms with Crippen molar-refractivity contribution in [3.63, 3.8) is 0 Å². The molecular formula is C14H22N2O4. The molecule has 112 valence electrons. The first-order chi connectivity index (χ1) is 9.54. The van der Waals surface area contributed by atoms with Gasteiger partial charge in [0.15, 0.2) is 0 Å². The lowest BCUT2D eigenvalue weighted by Crippen LogP contribution is -2.20. The summed E-state index contributed by atoms with van der Waals surface area (Å²) in [5.41, 5.74) is 0.831. The molecule has 1 heterocycles. The maximum absolute atomic E-state index is 12.2. The molecular weight excluding hydrogens is 260 g/mol. The first-order valence-electron chi connectivity index (χ1n) is 6.83. The number of hydrogen-bond donors (Lipinski definition) is 0. The number of unbranched alkanes of at least 4 members (excludes halogenated alkanes) is 1. The predicted molar refractivity (Wildman–Crippen MR) is 75.0 cm³/mol. The molecule has 0 spiro atoms. The number of esters is 1. The lowest BCUT2D eigenvalue weighted by molar-refractivity contribution is -0.139. The number of hydrogen-bond acceptors (Lipinski definition) is 5. The predicted octanol–water partition coefficient (Wildman–Crippen LogP) is 1.86. The number of methoxy groups -OCH3 is 1. The third-order valence-corrected chi connectivity index (χ3v) is 2.96. The van der Waals surface area contributed by atoms with Crippen molar-refractivity contribution >= 4 is 17.6 Å². The molecule has 0 saturated carbocycles. The second kappa shape index (κ2) is 7.67. The van der Waals surface area contributed by atoms with E-state index >= 15 is 0 Å². The monoisotopic (exact) mass is 282 g/mol. The van der Waals surface area contributed by atoms with E-state index in [4.69, 9.17) is 4.74 Å². The summed E-state index contributed by atoms with van der Waals surface area (Å²) in [5.74, 6) is -0.0366. The van der Waals surface area contributed by atoms with E-state index in [1.54, 1.807) is 7.05 Å². The van der Waals surface area contributed by atoms with E-state index in [1.807, 2.05) is 6.92 Å². The van der Waals surface area contributed by atoms with Crippen LogP contribution in [0, 0.1) is 0 Å². The van der Waals surface area contributed by atoms with Crippen molar-refractivity contribution in [2.24, 2.45) is 5.10 Å². The molecule has 0 aromatic heterocycles. The largest absolute Gasteiger partial charge is 0.497 e. The summed E-state index contributed by atoms with van der Waals surface area (Å²) in [6, 6.07) is 0. The number of ether oxygens (including phenoxy) is 2. The van der Waals surface area contributed by atoms with E-state index < -0.39 is 5.97 Å². The molecule has 1 aliphatic rings. The van der Waals surface area contributed by atoms with Crippen LogP contribution in [0.4, 0.5) is 0 Å². The SMILES string of the molecule is CCCCC(OCC)=C1C(=O)N(C)N=C1CC(=O)OC. The van der Waals surface area contributed by atoms with E-state index in [0.717, 1.165) is 12.8 Å². The Bertz CT molecular complexity index is 440. The molecule has 0 aromatic carbocycles. The van der Waals surface area contributed by atoms with Gasteiger partial charge < -0.3 is 9.47 Å². The molecule has 20 heavy (non-hydrogen) atoms. The molecule has 1 rings (SSSR count). The van der Waals surface area contributed by atoms with Gasteiger partial charge in [-0.3, -0.25) is 9.59 Å². The summed E-state index contributed by atoms with van der Waals surface area (Å²) in [7, 11) is 2.88. The van der Waals surface area contributed by atoms with Crippen molar-refractivity contribution in [1.82, 2.24) is 5.01 Å². The molecule has 6 nitrogen and oxygen atoms in total. The Morgan fingerprint density at radius 3 is 2.60 bits per heavy atom. The molecule has 0 saturated heterocycles. The Morgan fingerprint density at radius 2 is 2.05 bits per heavy atom. The molecule has 0 bridgehead atoms. The number of rotatable bonds is 7. The fourth-order valence-electron chi connectivity index (χ4n) is 1.96. The standard InChI is InChI=1S/C14H22N2O4/c1-5-7-8-11(20-6-2)13-10(9-12(17)19-4)15-16(3)14(13)18/h5-9H2,1-4H3. The van der Waals surface area contributed by atoms with Gasteiger partial charge in [-0.2, -0.15) is 5.10 Å². The van der Waals surface area contributed by atoms with Crippen molar-refractivity contribution in [2.75, 3.05) is 20.8 Å². The van der Waals surface area contributed by atoms with Crippen LogP contribution in [0.3, 0.4) is 0 Å². The van der Waals surface area contributed by atoms with Gasteiger partial charge in [-0.25, -0.2) is 5.01 Å². The molecule has 0 unspecified atom stereocenters. The maximum atomic E-state index is 12.2. The Balaban J connectivity index is 3.08. The molecule has 0 atom stereocenters. The van der Waals surface area contributed by atoms with Gasteiger partial charge >= 0.3 is 5.97 Å². The Labute approximate surface area is 119 Å². The number of allylic oxidation sites excluding steroid dienone is 1. The van der Waals surface area contributed by atoms with E-state index in [1.165, 1.54) is 12.1 Å². The Hall–Kier alpha value is -1.85. The van der Waals surface area contributed by atoms with Gasteiger partial charge in [-0.05, 0) is 13.3 Å². The summed E-state index contributed by atoms with van der Waals surface area (Å²) in [4.78, 5) is 23.6. The van der Waals surface area contributed by atoms with Crippen LogP contribution in [0.2, 0.25) is 0 Å². The summed E-state index contributed by atoms with van der Waals surface area (Å²) in [5, 5.41) is 5.35. The third-order valence-electron chi connectivity index (χ3n) is 2.96. The third kappa shape index (κ3) is 3.82. The molecule has 0 N–H and O–H groups in total. The van der Waals surface area contributed by atoms with Gasteiger partial charge in [0.25, 0.3) is 5.91 Å². The van der Waals surface area contributed by atoms with E-state index in [0.29, 0.717) is 30.1 Å². The average Bonchev–Trinajstić information content (AvgIpc) is 2.70. The van der Waals surface area contributed by atoms with Gasteiger partial charge in [-0.1, -0.05) is 13.3 Å². The van der Waals surface area contributed by atoms with E-state index in [2.05, 4.69) is 16.8 Å². The fraction of sp³-hybridized carbons (Fsp3) is 0.643. The number of carbonyl (C=O) groups excluding carboxylic acids is 2. The normalized spacial score (nSPS) is 17.1. The van der Waals surface area contributed by atoms with Crippen LogP contribution in [0.1, 0.15) is 39.5 Å². The smallest absolute Gasteiger partial charge is 0.311 e. The minimum atomic E-state index is -0.421. The maximum Gasteiger partial charge on any atom is 0.311 e. The van der Waals surface area contributed by atoms with Gasteiger partial charge in [-0.15, -0.1) is 0 Å². The second-order valence-electron chi connectivity index (χ2n) is 4.46. The number of likely N-dealkylation sites (N-methyl/N-ethyl adjacent to an activating group) is 1. The molecule has 6 heteroatoms. The van der Waals surface area contributed by atoms with Gasteiger partial charge in [0.1, 0.15) is 11.3 Å². The highest BCUT2D eigenvalue weighted by molar-refractivity contribution is 6.27. The number of amides is 1. The zero-order valence-corrected chi connectivity index (χ0v) is 12.6. The lowest BCUT2D eigenvalue weighted by Gasteiger charge is -2.12. The van der Waals surface area contributed by atoms with Gasteiger partial charge in [0.2, 0.25) is 0 Å². The van der Waals surface area contributed by atoms with Crippen LogP contribution in [0.25, 0.3) is 0 Å². The molecule has 0 aromatic rings. The highest BCUT2D eigenvalue weighted by Gasteiger charge is 2.32. The minimum absolute atomic E-state index is 0.0232. The van der Waals surface area contributed by atoms with Crippen LogP contribution in [0.5, 0.6) is 0 Å².